The highest BCUT2D eigenvalue weighted by Gasteiger charge is 2.02. The number of H-pyrrole nitrogens is 1. The third-order valence-electron chi connectivity index (χ3n) is 1.72. The van der Waals surface area contributed by atoms with Crippen molar-refractivity contribution < 1.29 is 4.79 Å². The summed E-state index contributed by atoms with van der Waals surface area (Å²) in [7, 11) is 0. The number of rotatable bonds is 3. The Kier molecular flexibility index (Phi) is 2.97. The molecule has 0 saturated heterocycles. The molecule has 3 N–H and O–H groups in total. The first-order valence-corrected chi connectivity index (χ1v) is 4.07. The smallest absolute Gasteiger partial charge is 0.248 e. The van der Waals surface area contributed by atoms with Crippen LogP contribution in [0, 0.1) is 0 Å². The van der Waals surface area contributed by atoms with Gasteiger partial charge in [-0.3, -0.25) is 9.59 Å². The predicted octanol–water partition coefficient (Wildman–Crippen LogP) is 0.0787. The van der Waals surface area contributed by atoms with Crippen LogP contribution in [0.5, 0.6) is 0 Å². The standard InChI is InChI=1S/C9H12N2O2/c1-6(12)8-4-7(2-3-10)5-9(13)11-8/h4-5H,2-3,10H2,1H3,(H,11,13). The van der Waals surface area contributed by atoms with E-state index in [-0.39, 0.29) is 11.3 Å². The normalized spacial score (nSPS) is 10.0. The molecule has 0 saturated carbocycles. The van der Waals surface area contributed by atoms with Crippen LogP contribution in [0.25, 0.3) is 0 Å². The molecule has 70 valence electrons. The van der Waals surface area contributed by atoms with Crippen LogP contribution in [0.3, 0.4) is 0 Å². The van der Waals surface area contributed by atoms with E-state index in [2.05, 4.69) is 4.98 Å². The second-order valence-corrected chi connectivity index (χ2v) is 2.86. The van der Waals surface area contributed by atoms with Crippen molar-refractivity contribution in [2.24, 2.45) is 5.73 Å². The monoisotopic (exact) mass is 180 g/mol. The van der Waals surface area contributed by atoms with Crippen molar-refractivity contribution in [2.75, 3.05) is 6.54 Å². The van der Waals surface area contributed by atoms with E-state index in [0.717, 1.165) is 5.56 Å². The van der Waals surface area contributed by atoms with Crippen LogP contribution in [0.2, 0.25) is 0 Å². The maximum absolute atomic E-state index is 11.0. The minimum atomic E-state index is -0.254. The SMILES string of the molecule is CC(=O)c1cc(CCN)cc(=O)[nH]1. The third-order valence-corrected chi connectivity index (χ3v) is 1.72. The highest BCUT2D eigenvalue weighted by Crippen LogP contribution is 1.99. The van der Waals surface area contributed by atoms with Gasteiger partial charge in [0.15, 0.2) is 5.78 Å². The molecular weight excluding hydrogens is 168 g/mol. The van der Waals surface area contributed by atoms with Gasteiger partial charge in [0.1, 0.15) is 0 Å². The Bertz CT molecular complexity index is 368. The molecule has 1 aromatic rings. The number of ketones is 1. The van der Waals surface area contributed by atoms with E-state index >= 15 is 0 Å². The fourth-order valence-corrected chi connectivity index (χ4v) is 1.10. The molecule has 0 unspecified atom stereocenters. The number of carbonyl (C=O) groups is 1. The average Bonchev–Trinajstić information content (AvgIpc) is 2.03. The summed E-state index contributed by atoms with van der Waals surface area (Å²) in [6.07, 6.45) is 0.615. The van der Waals surface area contributed by atoms with Crippen LogP contribution >= 0.6 is 0 Å². The second kappa shape index (κ2) is 4.00. The zero-order valence-electron chi connectivity index (χ0n) is 7.46. The van der Waals surface area contributed by atoms with E-state index in [0.29, 0.717) is 18.7 Å². The summed E-state index contributed by atoms with van der Waals surface area (Å²) in [5.41, 5.74) is 6.23. The number of aromatic nitrogens is 1. The molecule has 4 heteroatoms. The number of hydrogen-bond donors (Lipinski definition) is 2. The first-order valence-electron chi connectivity index (χ1n) is 4.07. The molecule has 1 rings (SSSR count). The Morgan fingerprint density at radius 3 is 2.77 bits per heavy atom. The second-order valence-electron chi connectivity index (χ2n) is 2.86. The van der Waals surface area contributed by atoms with Gasteiger partial charge in [0.25, 0.3) is 0 Å². The molecule has 0 aliphatic heterocycles. The van der Waals surface area contributed by atoms with Gasteiger partial charge in [0, 0.05) is 13.0 Å². The molecule has 1 aromatic heterocycles. The first kappa shape index (κ1) is 9.67. The van der Waals surface area contributed by atoms with Crippen molar-refractivity contribution in [1.82, 2.24) is 4.98 Å². The molecule has 0 radical (unpaired) electrons. The lowest BCUT2D eigenvalue weighted by molar-refractivity contribution is 0.101. The van der Waals surface area contributed by atoms with Gasteiger partial charge in [-0.15, -0.1) is 0 Å². The summed E-state index contributed by atoms with van der Waals surface area (Å²) in [6.45, 7) is 1.89. The fraction of sp³-hybridized carbons (Fsp3) is 0.333. The lowest BCUT2D eigenvalue weighted by atomic mass is 10.1. The zero-order chi connectivity index (χ0) is 9.84. The summed E-state index contributed by atoms with van der Waals surface area (Å²) in [4.78, 5) is 24.5. The van der Waals surface area contributed by atoms with Crippen LogP contribution in [0.1, 0.15) is 23.0 Å². The molecule has 0 bridgehead atoms. The molecular formula is C9H12N2O2. The van der Waals surface area contributed by atoms with Crippen molar-refractivity contribution in [3.05, 3.63) is 33.7 Å². The van der Waals surface area contributed by atoms with Crippen molar-refractivity contribution >= 4 is 5.78 Å². The number of carbonyl (C=O) groups excluding carboxylic acids is 1. The number of Topliss-reactive ketones (excluding diaryl/α,β-unsaturated/α-hetero) is 1. The summed E-state index contributed by atoms with van der Waals surface area (Å²) in [5, 5.41) is 0. The van der Waals surface area contributed by atoms with Crippen LogP contribution in [-0.2, 0) is 6.42 Å². The summed E-state index contributed by atoms with van der Waals surface area (Å²) in [6, 6.07) is 3.12. The number of nitrogens with two attached hydrogens (primary N) is 1. The van der Waals surface area contributed by atoms with Gasteiger partial charge >= 0.3 is 0 Å². The van der Waals surface area contributed by atoms with Crippen molar-refractivity contribution in [3.63, 3.8) is 0 Å². The Morgan fingerprint density at radius 2 is 2.23 bits per heavy atom. The minimum Gasteiger partial charge on any atom is -0.330 e. The molecule has 0 aliphatic carbocycles. The van der Waals surface area contributed by atoms with E-state index in [1.807, 2.05) is 0 Å². The van der Waals surface area contributed by atoms with E-state index in [4.69, 9.17) is 5.73 Å². The number of nitrogens with one attached hydrogen (secondary N) is 1. The van der Waals surface area contributed by atoms with Gasteiger partial charge in [0.2, 0.25) is 5.56 Å². The molecule has 0 fully saturated rings. The molecule has 0 aromatic carbocycles. The van der Waals surface area contributed by atoms with E-state index in [9.17, 15) is 9.59 Å². The Balaban J connectivity index is 3.11. The van der Waals surface area contributed by atoms with E-state index < -0.39 is 0 Å². The Hall–Kier alpha value is -1.42. The van der Waals surface area contributed by atoms with Crippen LogP contribution < -0.4 is 11.3 Å². The number of hydrogen-bond acceptors (Lipinski definition) is 3. The average molecular weight is 180 g/mol. The lowest BCUT2D eigenvalue weighted by Gasteiger charge is -2.00. The fourth-order valence-electron chi connectivity index (χ4n) is 1.10. The molecule has 13 heavy (non-hydrogen) atoms. The van der Waals surface area contributed by atoms with Crippen LogP contribution in [-0.4, -0.2) is 17.3 Å². The topological polar surface area (TPSA) is 76.0 Å². The zero-order valence-corrected chi connectivity index (χ0v) is 7.46. The number of pyridine rings is 1. The first-order chi connectivity index (χ1) is 6.13. The van der Waals surface area contributed by atoms with Crippen LogP contribution in [0.4, 0.5) is 0 Å². The molecule has 1 heterocycles. The minimum absolute atomic E-state index is 0.143. The van der Waals surface area contributed by atoms with Gasteiger partial charge in [0.05, 0.1) is 5.69 Å². The van der Waals surface area contributed by atoms with Crippen molar-refractivity contribution in [1.29, 1.82) is 0 Å². The van der Waals surface area contributed by atoms with E-state index in [1.54, 1.807) is 6.07 Å². The molecule has 0 spiro atoms. The lowest BCUT2D eigenvalue weighted by Crippen LogP contribution is -2.13. The maximum atomic E-state index is 11.0. The van der Waals surface area contributed by atoms with Gasteiger partial charge in [-0.2, -0.15) is 0 Å². The third kappa shape index (κ3) is 2.52. The predicted molar refractivity (Wildman–Crippen MR) is 49.8 cm³/mol. The van der Waals surface area contributed by atoms with Gasteiger partial charge in [-0.25, -0.2) is 0 Å². The van der Waals surface area contributed by atoms with Gasteiger partial charge in [-0.05, 0) is 24.6 Å². The largest absolute Gasteiger partial charge is 0.330 e. The maximum Gasteiger partial charge on any atom is 0.248 e. The molecule has 4 nitrogen and oxygen atoms in total. The van der Waals surface area contributed by atoms with Crippen LogP contribution in [0.15, 0.2) is 16.9 Å². The molecule has 0 aliphatic rings. The van der Waals surface area contributed by atoms with Gasteiger partial charge < -0.3 is 10.7 Å². The summed E-state index contributed by atoms with van der Waals surface area (Å²) >= 11 is 0. The quantitative estimate of drug-likeness (QED) is 0.647. The van der Waals surface area contributed by atoms with Gasteiger partial charge in [-0.1, -0.05) is 0 Å². The summed E-state index contributed by atoms with van der Waals surface area (Å²) < 4.78 is 0. The molecule has 0 amide bonds. The van der Waals surface area contributed by atoms with Crippen molar-refractivity contribution in [2.45, 2.75) is 13.3 Å². The summed E-state index contributed by atoms with van der Waals surface area (Å²) in [5.74, 6) is -0.143. The highest BCUT2D eigenvalue weighted by atomic mass is 16.1. The van der Waals surface area contributed by atoms with Crippen molar-refractivity contribution in [3.8, 4) is 0 Å². The Morgan fingerprint density at radius 1 is 1.54 bits per heavy atom. The number of aromatic amines is 1. The highest BCUT2D eigenvalue weighted by molar-refractivity contribution is 5.92. The Labute approximate surface area is 75.8 Å². The van der Waals surface area contributed by atoms with E-state index in [1.165, 1.54) is 13.0 Å². The molecule has 0 atom stereocenters.